The predicted molar refractivity (Wildman–Crippen MR) is 55.8 cm³/mol. The number of amides is 1. The van der Waals surface area contributed by atoms with Crippen LogP contribution in [0.2, 0.25) is 0 Å². The van der Waals surface area contributed by atoms with Gasteiger partial charge in [0, 0.05) is 24.0 Å². The van der Waals surface area contributed by atoms with Gasteiger partial charge in [0.05, 0.1) is 6.61 Å². The van der Waals surface area contributed by atoms with E-state index in [9.17, 15) is 9.59 Å². The monoisotopic (exact) mass is 210 g/mol. The number of aliphatic hydroxyl groups excluding tert-OH is 1. The van der Waals surface area contributed by atoms with Crippen LogP contribution >= 0.6 is 0 Å². The summed E-state index contributed by atoms with van der Waals surface area (Å²) in [6.45, 7) is 3.23. The fourth-order valence-corrected chi connectivity index (χ4v) is 1.10. The summed E-state index contributed by atoms with van der Waals surface area (Å²) in [5.74, 6) is -0.474. The number of aromatic nitrogens is 1. The van der Waals surface area contributed by atoms with Crippen molar-refractivity contribution in [3.05, 3.63) is 33.7 Å². The minimum Gasteiger partial charge on any atom is -0.394 e. The van der Waals surface area contributed by atoms with Crippen molar-refractivity contribution in [3.8, 4) is 0 Å². The Hall–Kier alpha value is -1.62. The van der Waals surface area contributed by atoms with Crippen molar-refractivity contribution >= 4 is 5.91 Å². The summed E-state index contributed by atoms with van der Waals surface area (Å²) in [6.07, 6.45) is 1.37. The van der Waals surface area contributed by atoms with Gasteiger partial charge in [-0.05, 0) is 13.8 Å². The van der Waals surface area contributed by atoms with Crippen LogP contribution in [0, 0.1) is 6.92 Å². The van der Waals surface area contributed by atoms with Crippen molar-refractivity contribution in [2.45, 2.75) is 19.9 Å². The van der Waals surface area contributed by atoms with Gasteiger partial charge >= 0.3 is 0 Å². The van der Waals surface area contributed by atoms with Gasteiger partial charge < -0.3 is 15.4 Å². The van der Waals surface area contributed by atoms with Gasteiger partial charge in [-0.15, -0.1) is 0 Å². The first-order valence-electron chi connectivity index (χ1n) is 4.65. The Morgan fingerprint density at radius 3 is 2.87 bits per heavy atom. The number of H-pyrrole nitrogens is 1. The molecule has 0 saturated carbocycles. The summed E-state index contributed by atoms with van der Waals surface area (Å²) in [6, 6.07) is 0.997. The van der Waals surface area contributed by atoms with Crippen LogP contribution in [0.4, 0.5) is 0 Å². The molecule has 0 bridgehead atoms. The fourth-order valence-electron chi connectivity index (χ4n) is 1.10. The molecule has 15 heavy (non-hydrogen) atoms. The molecule has 0 unspecified atom stereocenters. The topological polar surface area (TPSA) is 82.2 Å². The third-order valence-electron chi connectivity index (χ3n) is 1.95. The van der Waals surface area contributed by atoms with Crippen molar-refractivity contribution in [2.75, 3.05) is 6.61 Å². The van der Waals surface area contributed by atoms with E-state index in [1.165, 1.54) is 12.3 Å². The molecule has 0 saturated heterocycles. The van der Waals surface area contributed by atoms with Crippen LogP contribution in [0.5, 0.6) is 0 Å². The van der Waals surface area contributed by atoms with Crippen LogP contribution in [0.3, 0.4) is 0 Å². The van der Waals surface area contributed by atoms with E-state index >= 15 is 0 Å². The van der Waals surface area contributed by atoms with Gasteiger partial charge in [0.2, 0.25) is 0 Å². The first-order chi connectivity index (χ1) is 7.04. The van der Waals surface area contributed by atoms with Crippen LogP contribution < -0.4 is 10.7 Å². The lowest BCUT2D eigenvalue weighted by Crippen LogP contribution is -2.37. The molecular formula is C10H14N2O3. The summed E-state index contributed by atoms with van der Waals surface area (Å²) in [5.41, 5.74) is 0.432. The quantitative estimate of drug-likeness (QED) is 0.645. The number of hydrogen-bond donors (Lipinski definition) is 3. The highest BCUT2D eigenvalue weighted by molar-refractivity contribution is 5.93. The maximum Gasteiger partial charge on any atom is 0.257 e. The minimum atomic E-state index is -0.474. The summed E-state index contributed by atoms with van der Waals surface area (Å²) < 4.78 is 0. The molecule has 0 spiro atoms. The third kappa shape index (κ3) is 2.92. The standard InChI is InChI=1S/C10H14N2O3/c1-6-3-9(14)8(4-11-6)10(15)12-7(2)5-13/h3-4,7,13H,5H2,1-2H3,(H,11,14)(H,12,15)/t7-/m0/s1. The molecule has 5 heteroatoms. The van der Waals surface area contributed by atoms with E-state index < -0.39 is 5.91 Å². The van der Waals surface area contributed by atoms with E-state index in [0.717, 1.165) is 0 Å². The molecule has 0 radical (unpaired) electrons. The van der Waals surface area contributed by atoms with E-state index in [0.29, 0.717) is 5.69 Å². The van der Waals surface area contributed by atoms with Gasteiger partial charge in [0.15, 0.2) is 5.43 Å². The van der Waals surface area contributed by atoms with Crippen LogP contribution in [-0.2, 0) is 0 Å². The fraction of sp³-hybridized carbons (Fsp3) is 0.400. The van der Waals surface area contributed by atoms with Crippen LogP contribution in [0.1, 0.15) is 23.0 Å². The lowest BCUT2D eigenvalue weighted by molar-refractivity contribution is 0.0921. The molecule has 0 aliphatic carbocycles. The Labute approximate surface area is 87.1 Å². The van der Waals surface area contributed by atoms with Gasteiger partial charge in [0.1, 0.15) is 5.56 Å². The molecule has 0 aliphatic heterocycles. The molecule has 1 aromatic rings. The molecule has 5 nitrogen and oxygen atoms in total. The van der Waals surface area contributed by atoms with Crippen molar-refractivity contribution < 1.29 is 9.90 Å². The second-order valence-corrected chi connectivity index (χ2v) is 3.45. The van der Waals surface area contributed by atoms with Gasteiger partial charge in [0.25, 0.3) is 5.91 Å². The molecule has 0 aromatic carbocycles. The molecule has 1 aromatic heterocycles. The second kappa shape index (κ2) is 4.75. The zero-order valence-electron chi connectivity index (χ0n) is 8.70. The number of aryl methyl sites for hydroxylation is 1. The van der Waals surface area contributed by atoms with E-state index in [-0.39, 0.29) is 23.6 Å². The number of hydrogen-bond acceptors (Lipinski definition) is 3. The third-order valence-corrected chi connectivity index (χ3v) is 1.95. The lowest BCUT2D eigenvalue weighted by atomic mass is 10.2. The number of rotatable bonds is 3. The maximum absolute atomic E-state index is 11.5. The summed E-state index contributed by atoms with van der Waals surface area (Å²) in [5, 5.41) is 11.2. The van der Waals surface area contributed by atoms with Crippen molar-refractivity contribution in [3.63, 3.8) is 0 Å². The van der Waals surface area contributed by atoms with E-state index in [1.807, 2.05) is 0 Å². The Bertz CT molecular complexity index is 411. The molecule has 3 N–H and O–H groups in total. The van der Waals surface area contributed by atoms with Crippen molar-refractivity contribution in [2.24, 2.45) is 0 Å². The molecule has 1 atom stereocenters. The van der Waals surface area contributed by atoms with Crippen molar-refractivity contribution in [1.29, 1.82) is 0 Å². The van der Waals surface area contributed by atoms with Crippen LogP contribution in [-0.4, -0.2) is 28.6 Å². The molecule has 1 rings (SSSR count). The first-order valence-corrected chi connectivity index (χ1v) is 4.65. The highest BCUT2D eigenvalue weighted by Crippen LogP contribution is 1.93. The van der Waals surface area contributed by atoms with Gasteiger partial charge in [-0.3, -0.25) is 9.59 Å². The number of aliphatic hydroxyl groups is 1. The molecule has 0 aliphatic rings. The Kier molecular flexibility index (Phi) is 3.62. The Morgan fingerprint density at radius 1 is 1.67 bits per heavy atom. The molecular weight excluding hydrogens is 196 g/mol. The highest BCUT2D eigenvalue weighted by atomic mass is 16.3. The number of carbonyl (C=O) groups is 1. The predicted octanol–water partition coefficient (Wildman–Crippen LogP) is -0.206. The number of nitrogens with one attached hydrogen (secondary N) is 2. The van der Waals surface area contributed by atoms with Gasteiger partial charge in [-0.25, -0.2) is 0 Å². The largest absolute Gasteiger partial charge is 0.394 e. The highest BCUT2D eigenvalue weighted by Gasteiger charge is 2.12. The zero-order chi connectivity index (χ0) is 11.4. The SMILES string of the molecule is Cc1cc(=O)c(C(=O)N[C@@H](C)CO)c[nH]1. The van der Waals surface area contributed by atoms with Gasteiger partial charge in [-0.1, -0.05) is 0 Å². The number of pyridine rings is 1. The summed E-state index contributed by atoms with van der Waals surface area (Å²) >= 11 is 0. The average molecular weight is 210 g/mol. The molecule has 1 heterocycles. The first kappa shape index (κ1) is 11.5. The average Bonchev–Trinajstić information content (AvgIpc) is 2.17. The minimum absolute atomic E-state index is 0.0564. The van der Waals surface area contributed by atoms with Crippen LogP contribution in [0.25, 0.3) is 0 Å². The Morgan fingerprint density at radius 2 is 2.33 bits per heavy atom. The Balaban J connectivity index is 2.88. The van der Waals surface area contributed by atoms with Gasteiger partial charge in [-0.2, -0.15) is 0 Å². The summed E-state index contributed by atoms with van der Waals surface area (Å²) in [4.78, 5) is 25.7. The lowest BCUT2D eigenvalue weighted by Gasteiger charge is -2.10. The molecule has 82 valence electrons. The smallest absolute Gasteiger partial charge is 0.257 e. The second-order valence-electron chi connectivity index (χ2n) is 3.45. The summed E-state index contributed by atoms with van der Waals surface area (Å²) in [7, 11) is 0. The van der Waals surface area contributed by atoms with E-state index in [2.05, 4.69) is 10.3 Å². The zero-order valence-corrected chi connectivity index (χ0v) is 8.70. The van der Waals surface area contributed by atoms with E-state index in [1.54, 1.807) is 13.8 Å². The molecule has 0 fully saturated rings. The maximum atomic E-state index is 11.5. The van der Waals surface area contributed by atoms with E-state index in [4.69, 9.17) is 5.11 Å². The normalized spacial score (nSPS) is 12.2. The van der Waals surface area contributed by atoms with Crippen molar-refractivity contribution in [1.82, 2.24) is 10.3 Å². The molecule has 1 amide bonds. The number of aromatic amines is 1. The number of carbonyl (C=O) groups excluding carboxylic acids is 1. The van der Waals surface area contributed by atoms with Crippen LogP contribution in [0.15, 0.2) is 17.1 Å².